The molecule has 1 saturated heterocycles. The highest BCUT2D eigenvalue weighted by atomic mass is 35.5. The number of imide groups is 1. The first-order valence-electron chi connectivity index (χ1n) is 6.11. The van der Waals surface area contributed by atoms with E-state index < -0.39 is 23.8 Å². The van der Waals surface area contributed by atoms with Crippen LogP contribution in [0.3, 0.4) is 0 Å². The number of benzene rings is 1. The molecule has 1 aliphatic heterocycles. The molecule has 7 heteroatoms. The molecule has 0 radical (unpaired) electrons. The first-order chi connectivity index (χ1) is 9.49. The molecule has 1 aromatic rings. The van der Waals surface area contributed by atoms with E-state index in [0.29, 0.717) is 10.7 Å². The lowest BCUT2D eigenvalue weighted by molar-refractivity contribution is -0.150. The fourth-order valence-electron chi connectivity index (χ4n) is 1.84. The van der Waals surface area contributed by atoms with Gasteiger partial charge in [-0.05, 0) is 19.1 Å². The van der Waals surface area contributed by atoms with Crippen LogP contribution in [0.15, 0.2) is 24.3 Å². The number of anilines is 1. The fraction of sp³-hybridized carbons (Fsp3) is 0.308. The lowest BCUT2D eigenvalue weighted by Crippen LogP contribution is -2.58. The minimum atomic E-state index is -0.471. The summed E-state index contributed by atoms with van der Waals surface area (Å²) in [6, 6.07) is 6.28. The van der Waals surface area contributed by atoms with Crippen molar-refractivity contribution in [3.63, 3.8) is 0 Å². The predicted molar refractivity (Wildman–Crippen MR) is 74.3 cm³/mol. The molecule has 3 amide bonds. The highest BCUT2D eigenvalue weighted by molar-refractivity contribution is 6.33. The molecule has 0 aromatic heterocycles. The first kappa shape index (κ1) is 14.5. The Labute approximate surface area is 121 Å². The number of halogens is 1. The molecule has 0 spiro atoms. The molecule has 1 unspecified atom stereocenters. The second kappa shape index (κ2) is 6.02. The average Bonchev–Trinajstić information content (AvgIpc) is 2.42. The van der Waals surface area contributed by atoms with Gasteiger partial charge in [-0.3, -0.25) is 24.6 Å². The van der Waals surface area contributed by atoms with Gasteiger partial charge < -0.3 is 5.32 Å². The summed E-state index contributed by atoms with van der Waals surface area (Å²) in [5.74, 6) is -1.29. The summed E-state index contributed by atoms with van der Waals surface area (Å²) in [5, 5.41) is 5.72. The van der Waals surface area contributed by atoms with Crippen LogP contribution < -0.4 is 10.6 Å². The van der Waals surface area contributed by atoms with Crippen molar-refractivity contribution >= 4 is 35.0 Å². The Bertz CT molecular complexity index is 562. The molecular formula is C13H14ClN3O3. The zero-order chi connectivity index (χ0) is 14.7. The Morgan fingerprint density at radius 2 is 2.15 bits per heavy atom. The largest absolute Gasteiger partial charge is 0.323 e. The summed E-state index contributed by atoms with van der Waals surface area (Å²) in [5.41, 5.74) is 0.447. The van der Waals surface area contributed by atoms with Gasteiger partial charge >= 0.3 is 0 Å². The van der Waals surface area contributed by atoms with Crippen LogP contribution in [-0.2, 0) is 14.4 Å². The van der Waals surface area contributed by atoms with Crippen LogP contribution in [0.4, 0.5) is 5.69 Å². The molecular weight excluding hydrogens is 282 g/mol. The maximum absolute atomic E-state index is 11.9. The number of nitrogens with one attached hydrogen (secondary N) is 2. The molecule has 1 aliphatic rings. The van der Waals surface area contributed by atoms with Crippen molar-refractivity contribution in [2.75, 3.05) is 18.4 Å². The second-order valence-corrected chi connectivity index (χ2v) is 4.86. The van der Waals surface area contributed by atoms with Crippen LogP contribution in [-0.4, -0.2) is 41.8 Å². The molecule has 106 valence electrons. The van der Waals surface area contributed by atoms with Gasteiger partial charge in [-0.15, -0.1) is 0 Å². The van der Waals surface area contributed by atoms with E-state index in [4.69, 9.17) is 11.6 Å². The molecule has 1 atom stereocenters. The highest BCUT2D eigenvalue weighted by Crippen LogP contribution is 2.20. The van der Waals surface area contributed by atoms with Gasteiger partial charge in [0.05, 0.1) is 23.3 Å². The SMILES string of the molecule is CC1NCC(=O)N(CC(=O)Nc2ccccc2Cl)C1=O. The summed E-state index contributed by atoms with van der Waals surface area (Å²) in [4.78, 5) is 36.3. The van der Waals surface area contributed by atoms with Gasteiger partial charge in [-0.25, -0.2) is 0 Å². The van der Waals surface area contributed by atoms with Gasteiger partial charge in [0.15, 0.2) is 0 Å². The van der Waals surface area contributed by atoms with Crippen LogP contribution in [0.1, 0.15) is 6.92 Å². The van der Waals surface area contributed by atoms with E-state index in [0.717, 1.165) is 4.90 Å². The number of carbonyl (C=O) groups is 3. The average molecular weight is 296 g/mol. The van der Waals surface area contributed by atoms with Crippen molar-refractivity contribution in [1.82, 2.24) is 10.2 Å². The zero-order valence-corrected chi connectivity index (χ0v) is 11.6. The third kappa shape index (κ3) is 3.15. The number of rotatable bonds is 3. The number of piperazine rings is 1. The van der Waals surface area contributed by atoms with Gasteiger partial charge in [0.1, 0.15) is 6.54 Å². The Morgan fingerprint density at radius 1 is 1.45 bits per heavy atom. The molecule has 1 heterocycles. The molecule has 1 fully saturated rings. The van der Waals surface area contributed by atoms with Gasteiger partial charge in [0.25, 0.3) is 0 Å². The van der Waals surface area contributed by atoms with Gasteiger partial charge in [0.2, 0.25) is 17.7 Å². The molecule has 2 rings (SSSR count). The van der Waals surface area contributed by atoms with E-state index in [9.17, 15) is 14.4 Å². The number of hydrogen-bond donors (Lipinski definition) is 2. The zero-order valence-electron chi connectivity index (χ0n) is 10.9. The highest BCUT2D eigenvalue weighted by Gasteiger charge is 2.32. The van der Waals surface area contributed by atoms with Crippen molar-refractivity contribution in [1.29, 1.82) is 0 Å². The second-order valence-electron chi connectivity index (χ2n) is 4.45. The van der Waals surface area contributed by atoms with Crippen LogP contribution in [0.2, 0.25) is 5.02 Å². The molecule has 1 aromatic carbocycles. The van der Waals surface area contributed by atoms with E-state index in [-0.39, 0.29) is 13.1 Å². The molecule has 2 N–H and O–H groups in total. The maximum Gasteiger partial charge on any atom is 0.246 e. The van der Waals surface area contributed by atoms with Crippen molar-refractivity contribution < 1.29 is 14.4 Å². The van der Waals surface area contributed by atoms with Crippen molar-refractivity contribution in [2.45, 2.75) is 13.0 Å². The molecule has 0 aliphatic carbocycles. The topological polar surface area (TPSA) is 78.5 Å². The van der Waals surface area contributed by atoms with E-state index in [1.807, 2.05) is 0 Å². The molecule has 0 saturated carbocycles. The van der Waals surface area contributed by atoms with E-state index in [1.165, 1.54) is 0 Å². The lowest BCUT2D eigenvalue weighted by Gasteiger charge is -2.29. The van der Waals surface area contributed by atoms with E-state index in [1.54, 1.807) is 31.2 Å². The number of hydrogen-bond acceptors (Lipinski definition) is 4. The fourth-order valence-corrected chi connectivity index (χ4v) is 2.02. The smallest absolute Gasteiger partial charge is 0.246 e. The van der Waals surface area contributed by atoms with Crippen molar-refractivity contribution in [3.05, 3.63) is 29.3 Å². The van der Waals surface area contributed by atoms with E-state index in [2.05, 4.69) is 10.6 Å². The molecule has 20 heavy (non-hydrogen) atoms. The Balaban J connectivity index is 2.02. The van der Waals surface area contributed by atoms with Crippen LogP contribution >= 0.6 is 11.6 Å². The van der Waals surface area contributed by atoms with Crippen LogP contribution in [0.5, 0.6) is 0 Å². The van der Waals surface area contributed by atoms with Crippen molar-refractivity contribution in [2.24, 2.45) is 0 Å². The number of para-hydroxylation sites is 1. The summed E-state index contributed by atoms with van der Waals surface area (Å²) in [6.45, 7) is 1.38. The van der Waals surface area contributed by atoms with Gasteiger partial charge in [0, 0.05) is 0 Å². The normalized spacial score (nSPS) is 19.1. The van der Waals surface area contributed by atoms with E-state index >= 15 is 0 Å². The molecule has 0 bridgehead atoms. The van der Waals surface area contributed by atoms with Gasteiger partial charge in [-0.1, -0.05) is 23.7 Å². The Morgan fingerprint density at radius 3 is 2.85 bits per heavy atom. The first-order valence-corrected chi connectivity index (χ1v) is 6.49. The van der Waals surface area contributed by atoms with Crippen LogP contribution in [0.25, 0.3) is 0 Å². The van der Waals surface area contributed by atoms with Crippen molar-refractivity contribution in [3.8, 4) is 0 Å². The quantitative estimate of drug-likeness (QED) is 0.802. The van der Waals surface area contributed by atoms with Crippen LogP contribution in [0, 0.1) is 0 Å². The summed E-state index contributed by atoms with van der Waals surface area (Å²) >= 11 is 5.92. The number of carbonyl (C=O) groups excluding carboxylic acids is 3. The third-order valence-corrected chi connectivity index (χ3v) is 3.28. The Kier molecular flexibility index (Phi) is 4.36. The minimum Gasteiger partial charge on any atom is -0.323 e. The Hall–Kier alpha value is -1.92. The summed E-state index contributed by atoms with van der Waals surface area (Å²) in [6.07, 6.45) is 0. The summed E-state index contributed by atoms with van der Waals surface area (Å²) in [7, 11) is 0. The number of amides is 3. The third-order valence-electron chi connectivity index (χ3n) is 2.95. The number of nitrogens with zero attached hydrogens (tertiary/aromatic N) is 1. The van der Waals surface area contributed by atoms with Gasteiger partial charge in [-0.2, -0.15) is 0 Å². The lowest BCUT2D eigenvalue weighted by atomic mass is 10.2. The maximum atomic E-state index is 11.9. The monoisotopic (exact) mass is 295 g/mol. The molecule has 6 nitrogen and oxygen atoms in total. The standard InChI is InChI=1S/C13H14ClN3O3/c1-8-13(20)17(12(19)6-15-8)7-11(18)16-10-5-3-2-4-9(10)14/h2-5,8,15H,6-7H2,1H3,(H,16,18). The predicted octanol–water partition coefficient (Wildman–Crippen LogP) is 0.625. The minimum absolute atomic E-state index is 0.0479. The summed E-state index contributed by atoms with van der Waals surface area (Å²) < 4.78 is 0.